The second-order valence-electron chi connectivity index (χ2n) is 7.12. The molecule has 0 aliphatic rings. The minimum Gasteiger partial charge on any atom is -0.493 e. The molecule has 2 aromatic carbocycles. The van der Waals surface area contributed by atoms with Crippen molar-refractivity contribution in [3.63, 3.8) is 0 Å². The number of nitrogens with one attached hydrogen (secondary N) is 1. The van der Waals surface area contributed by atoms with Crippen LogP contribution >= 0.6 is 11.8 Å². The number of thioether (sulfide) groups is 1. The van der Waals surface area contributed by atoms with Crippen LogP contribution in [-0.2, 0) is 11.3 Å². The molecule has 30 heavy (non-hydrogen) atoms. The molecule has 0 atom stereocenters. The van der Waals surface area contributed by atoms with Gasteiger partial charge in [0.2, 0.25) is 5.91 Å². The number of carbonyl (C=O) groups is 1. The van der Waals surface area contributed by atoms with Crippen LogP contribution in [0.3, 0.4) is 0 Å². The van der Waals surface area contributed by atoms with Crippen LogP contribution in [-0.4, -0.2) is 33.0 Å². The highest BCUT2D eigenvalue weighted by atomic mass is 32.2. The number of hydrogen-bond donors (Lipinski definition) is 1. The summed E-state index contributed by atoms with van der Waals surface area (Å²) in [4.78, 5) is 12.2. The number of hydrogen-bond acceptors (Lipinski definition) is 5. The highest BCUT2D eigenvalue weighted by Crippen LogP contribution is 2.26. The Hall–Kier alpha value is -2.87. The van der Waals surface area contributed by atoms with Crippen molar-refractivity contribution < 1.29 is 13.9 Å². The van der Waals surface area contributed by atoms with Crippen molar-refractivity contribution in [2.45, 2.75) is 32.5 Å². The van der Waals surface area contributed by atoms with E-state index in [0.29, 0.717) is 29.9 Å². The normalized spacial score (nSPS) is 11.0. The second-order valence-corrected chi connectivity index (χ2v) is 8.07. The fraction of sp³-hybridized carbons (Fsp3) is 0.318. The molecule has 0 bridgehead atoms. The lowest BCUT2D eigenvalue weighted by Gasteiger charge is -2.10. The van der Waals surface area contributed by atoms with Gasteiger partial charge in [0.05, 0.1) is 12.4 Å². The number of halogens is 1. The fourth-order valence-corrected chi connectivity index (χ4v) is 3.52. The topological polar surface area (TPSA) is 69.0 Å². The van der Waals surface area contributed by atoms with Gasteiger partial charge in [0.1, 0.15) is 11.6 Å². The number of carbonyl (C=O) groups excluding carboxylic acids is 1. The van der Waals surface area contributed by atoms with Gasteiger partial charge in [-0.1, -0.05) is 25.6 Å². The third-order valence-electron chi connectivity index (χ3n) is 4.19. The smallest absolute Gasteiger partial charge is 0.234 e. The van der Waals surface area contributed by atoms with Gasteiger partial charge in [-0.3, -0.25) is 4.79 Å². The first kappa shape index (κ1) is 21.8. The molecule has 0 spiro atoms. The molecule has 1 heterocycles. The molecule has 1 N–H and O–H groups in total. The minimum absolute atomic E-state index is 0.178. The van der Waals surface area contributed by atoms with Gasteiger partial charge >= 0.3 is 0 Å². The average molecular weight is 429 g/mol. The summed E-state index contributed by atoms with van der Waals surface area (Å²) in [5, 5.41) is 12.0. The summed E-state index contributed by atoms with van der Waals surface area (Å²) in [6, 6.07) is 13.4. The van der Waals surface area contributed by atoms with E-state index in [4.69, 9.17) is 4.74 Å². The summed E-state index contributed by atoms with van der Waals surface area (Å²) in [5.74, 6) is 1.68. The number of rotatable bonds is 9. The van der Waals surface area contributed by atoms with Crippen LogP contribution in [0.4, 0.5) is 10.1 Å². The Labute approximate surface area is 179 Å². The van der Waals surface area contributed by atoms with Crippen LogP contribution < -0.4 is 10.1 Å². The van der Waals surface area contributed by atoms with Gasteiger partial charge in [-0.15, -0.1) is 10.2 Å². The predicted molar refractivity (Wildman–Crippen MR) is 117 cm³/mol. The summed E-state index contributed by atoms with van der Waals surface area (Å²) in [5.41, 5.74) is 1.49. The monoisotopic (exact) mass is 428 g/mol. The third-order valence-corrected chi connectivity index (χ3v) is 5.16. The van der Waals surface area contributed by atoms with E-state index in [1.165, 1.54) is 36.0 Å². The number of nitrogens with zero attached hydrogens (tertiary/aromatic N) is 3. The Morgan fingerprint density at radius 2 is 1.83 bits per heavy atom. The van der Waals surface area contributed by atoms with Crippen molar-refractivity contribution in [3.8, 4) is 17.1 Å². The Kier molecular flexibility index (Phi) is 7.46. The molecule has 3 rings (SSSR count). The van der Waals surface area contributed by atoms with Crippen molar-refractivity contribution in [1.29, 1.82) is 0 Å². The molecule has 6 nitrogen and oxygen atoms in total. The van der Waals surface area contributed by atoms with Crippen molar-refractivity contribution >= 4 is 23.4 Å². The lowest BCUT2D eigenvalue weighted by molar-refractivity contribution is -0.113. The molecular weight excluding hydrogens is 403 g/mol. The number of ether oxygens (including phenoxy) is 1. The first-order chi connectivity index (χ1) is 14.5. The van der Waals surface area contributed by atoms with E-state index < -0.39 is 0 Å². The molecule has 3 aromatic rings. The SMILES string of the molecule is CCn1c(SCC(=O)Nc2ccc(F)cc2)nnc1-c1ccc(OCC(C)C)cc1. The molecule has 0 fully saturated rings. The summed E-state index contributed by atoms with van der Waals surface area (Å²) in [6.45, 7) is 7.57. The molecule has 158 valence electrons. The highest BCUT2D eigenvalue weighted by Gasteiger charge is 2.15. The molecule has 1 aromatic heterocycles. The van der Waals surface area contributed by atoms with E-state index in [2.05, 4.69) is 29.4 Å². The van der Waals surface area contributed by atoms with Crippen molar-refractivity contribution in [3.05, 3.63) is 54.3 Å². The Balaban J connectivity index is 1.63. The standard InChI is InChI=1S/C22H25FN4O2S/c1-4-27-21(16-5-11-19(12-6-16)29-13-15(2)3)25-26-22(27)30-14-20(28)24-18-9-7-17(23)8-10-18/h5-12,15H,4,13-14H2,1-3H3,(H,24,28). The maximum atomic E-state index is 13.0. The van der Waals surface area contributed by atoms with Gasteiger partial charge in [-0.25, -0.2) is 4.39 Å². The van der Waals surface area contributed by atoms with Crippen molar-refractivity contribution in [1.82, 2.24) is 14.8 Å². The van der Waals surface area contributed by atoms with Crippen molar-refractivity contribution in [2.75, 3.05) is 17.7 Å². The maximum absolute atomic E-state index is 13.0. The van der Waals surface area contributed by atoms with Crippen LogP contribution in [0.15, 0.2) is 53.7 Å². The van der Waals surface area contributed by atoms with Crippen LogP contribution in [0.2, 0.25) is 0 Å². The van der Waals surface area contributed by atoms with E-state index in [1.807, 2.05) is 35.8 Å². The molecular formula is C22H25FN4O2S. The Morgan fingerprint density at radius 1 is 1.13 bits per heavy atom. The van der Waals surface area contributed by atoms with Gasteiger partial charge < -0.3 is 14.6 Å². The van der Waals surface area contributed by atoms with E-state index >= 15 is 0 Å². The lowest BCUT2D eigenvalue weighted by Crippen LogP contribution is -2.14. The zero-order chi connectivity index (χ0) is 21.5. The van der Waals surface area contributed by atoms with Gasteiger partial charge in [-0.2, -0.15) is 0 Å². The van der Waals surface area contributed by atoms with Crippen LogP contribution in [0.5, 0.6) is 5.75 Å². The predicted octanol–water partition coefficient (Wildman–Crippen LogP) is 4.87. The number of benzene rings is 2. The van der Waals surface area contributed by atoms with Crippen LogP contribution in [0.25, 0.3) is 11.4 Å². The second kappa shape index (κ2) is 10.2. The fourth-order valence-electron chi connectivity index (χ4n) is 2.72. The zero-order valence-electron chi connectivity index (χ0n) is 17.3. The quantitative estimate of drug-likeness (QED) is 0.493. The van der Waals surface area contributed by atoms with Gasteiger partial charge in [0.25, 0.3) is 0 Å². The third kappa shape index (κ3) is 5.82. The summed E-state index contributed by atoms with van der Waals surface area (Å²) < 4.78 is 20.7. The van der Waals surface area contributed by atoms with Crippen LogP contribution in [0.1, 0.15) is 20.8 Å². The molecule has 0 aliphatic heterocycles. The summed E-state index contributed by atoms with van der Waals surface area (Å²) in [6.07, 6.45) is 0. The molecule has 0 aliphatic carbocycles. The van der Waals surface area contributed by atoms with E-state index in [0.717, 1.165) is 17.1 Å². The number of amides is 1. The number of anilines is 1. The van der Waals surface area contributed by atoms with Crippen LogP contribution in [0, 0.1) is 11.7 Å². The molecule has 0 saturated heterocycles. The molecule has 0 saturated carbocycles. The zero-order valence-corrected chi connectivity index (χ0v) is 18.1. The summed E-state index contributed by atoms with van der Waals surface area (Å²) >= 11 is 1.31. The average Bonchev–Trinajstić information content (AvgIpc) is 3.15. The molecule has 0 radical (unpaired) electrons. The van der Waals surface area contributed by atoms with E-state index in [-0.39, 0.29) is 17.5 Å². The lowest BCUT2D eigenvalue weighted by atomic mass is 10.2. The Bertz CT molecular complexity index is 972. The minimum atomic E-state index is -0.342. The first-order valence-corrected chi connectivity index (χ1v) is 10.8. The van der Waals surface area contributed by atoms with Gasteiger partial charge in [0, 0.05) is 17.8 Å². The largest absolute Gasteiger partial charge is 0.493 e. The van der Waals surface area contributed by atoms with E-state index in [1.54, 1.807) is 0 Å². The van der Waals surface area contributed by atoms with E-state index in [9.17, 15) is 9.18 Å². The van der Waals surface area contributed by atoms with Crippen molar-refractivity contribution in [2.24, 2.45) is 5.92 Å². The number of aromatic nitrogens is 3. The maximum Gasteiger partial charge on any atom is 0.234 e. The highest BCUT2D eigenvalue weighted by molar-refractivity contribution is 7.99. The van der Waals surface area contributed by atoms with Gasteiger partial charge in [-0.05, 0) is 61.4 Å². The molecule has 8 heteroatoms. The summed E-state index contributed by atoms with van der Waals surface area (Å²) in [7, 11) is 0. The van der Waals surface area contributed by atoms with Gasteiger partial charge in [0.15, 0.2) is 11.0 Å². The molecule has 1 amide bonds. The Morgan fingerprint density at radius 3 is 2.47 bits per heavy atom. The first-order valence-electron chi connectivity index (χ1n) is 9.81. The molecule has 0 unspecified atom stereocenters.